The van der Waals surface area contributed by atoms with Crippen LogP contribution in [0.2, 0.25) is 5.02 Å². The first-order valence-electron chi connectivity index (χ1n) is 8.01. The maximum atomic E-state index is 11.9. The van der Waals surface area contributed by atoms with Gasteiger partial charge in [0.05, 0.1) is 0 Å². The van der Waals surface area contributed by atoms with Crippen molar-refractivity contribution in [2.45, 2.75) is 32.2 Å². The van der Waals surface area contributed by atoms with Crippen molar-refractivity contribution in [3.8, 4) is 5.75 Å². The van der Waals surface area contributed by atoms with Crippen LogP contribution in [-0.4, -0.2) is 43.1 Å². The number of carbonyl (C=O) groups is 1. The molecule has 1 saturated heterocycles. The van der Waals surface area contributed by atoms with Crippen LogP contribution in [0, 0.1) is 12.8 Å². The number of aryl methyl sites for hydroxylation is 1. The van der Waals surface area contributed by atoms with Crippen LogP contribution in [0.5, 0.6) is 5.75 Å². The van der Waals surface area contributed by atoms with E-state index in [1.807, 2.05) is 13.0 Å². The van der Waals surface area contributed by atoms with Gasteiger partial charge < -0.3 is 15.0 Å². The van der Waals surface area contributed by atoms with Gasteiger partial charge in [0.1, 0.15) is 5.75 Å². The van der Waals surface area contributed by atoms with Crippen LogP contribution in [0.15, 0.2) is 18.2 Å². The molecule has 4 nitrogen and oxygen atoms in total. The Morgan fingerprint density at radius 1 is 1.41 bits per heavy atom. The maximum Gasteiger partial charge on any atom is 0.257 e. The summed E-state index contributed by atoms with van der Waals surface area (Å²) >= 11 is 5.90. The first-order chi connectivity index (χ1) is 10.6. The van der Waals surface area contributed by atoms with Crippen molar-refractivity contribution in [2.75, 3.05) is 26.2 Å². The van der Waals surface area contributed by atoms with Gasteiger partial charge in [-0.15, -0.1) is 0 Å². The number of hydrogen-bond acceptors (Lipinski definition) is 3. The summed E-state index contributed by atoms with van der Waals surface area (Å²) in [5.74, 6) is 1.24. The first kappa shape index (κ1) is 15.6. The Balaban J connectivity index is 1.37. The highest BCUT2D eigenvalue weighted by atomic mass is 35.5. The second-order valence-corrected chi connectivity index (χ2v) is 6.82. The molecule has 1 atom stereocenters. The van der Waals surface area contributed by atoms with E-state index in [1.165, 1.54) is 25.8 Å². The number of amides is 1. The fourth-order valence-corrected chi connectivity index (χ4v) is 3.25. The van der Waals surface area contributed by atoms with E-state index in [-0.39, 0.29) is 12.5 Å². The zero-order valence-electron chi connectivity index (χ0n) is 13.0. The molecule has 1 aliphatic carbocycles. The molecule has 0 radical (unpaired) electrons. The number of carbonyl (C=O) groups excluding carboxylic acids is 1. The van der Waals surface area contributed by atoms with Crippen LogP contribution in [0.25, 0.3) is 0 Å². The highest BCUT2D eigenvalue weighted by molar-refractivity contribution is 6.30. The monoisotopic (exact) mass is 322 g/mol. The van der Waals surface area contributed by atoms with E-state index in [1.54, 1.807) is 12.1 Å². The van der Waals surface area contributed by atoms with E-state index < -0.39 is 0 Å². The minimum Gasteiger partial charge on any atom is -0.484 e. The van der Waals surface area contributed by atoms with Gasteiger partial charge in [-0.3, -0.25) is 4.79 Å². The molecule has 1 aromatic carbocycles. The van der Waals surface area contributed by atoms with Crippen LogP contribution in [0.4, 0.5) is 0 Å². The lowest BCUT2D eigenvalue weighted by molar-refractivity contribution is -0.123. The number of benzene rings is 1. The second-order valence-electron chi connectivity index (χ2n) is 6.38. The Kier molecular flexibility index (Phi) is 4.89. The smallest absolute Gasteiger partial charge is 0.257 e. The van der Waals surface area contributed by atoms with Crippen LogP contribution in [0.1, 0.15) is 24.8 Å². The third kappa shape index (κ3) is 4.14. The zero-order valence-corrected chi connectivity index (χ0v) is 13.7. The van der Waals surface area contributed by atoms with E-state index in [4.69, 9.17) is 16.3 Å². The van der Waals surface area contributed by atoms with Gasteiger partial charge in [0, 0.05) is 24.2 Å². The Labute approximate surface area is 136 Å². The van der Waals surface area contributed by atoms with E-state index in [9.17, 15) is 4.79 Å². The minimum atomic E-state index is -0.0563. The van der Waals surface area contributed by atoms with Gasteiger partial charge in [0.2, 0.25) is 0 Å². The highest BCUT2D eigenvalue weighted by Crippen LogP contribution is 2.31. The molecular weight excluding hydrogens is 300 g/mol. The van der Waals surface area contributed by atoms with Crippen molar-refractivity contribution in [1.29, 1.82) is 0 Å². The molecule has 1 saturated carbocycles. The summed E-state index contributed by atoms with van der Waals surface area (Å²) < 4.78 is 5.56. The summed E-state index contributed by atoms with van der Waals surface area (Å²) in [6.07, 6.45) is 3.90. The molecule has 3 rings (SSSR count). The quantitative estimate of drug-likeness (QED) is 0.875. The first-order valence-corrected chi connectivity index (χ1v) is 8.39. The van der Waals surface area contributed by atoms with Gasteiger partial charge in [-0.25, -0.2) is 0 Å². The molecule has 120 valence electrons. The molecule has 1 N–H and O–H groups in total. The number of halogens is 1. The summed E-state index contributed by atoms with van der Waals surface area (Å²) in [5, 5.41) is 3.67. The average Bonchev–Trinajstić information content (AvgIpc) is 3.23. The summed E-state index contributed by atoms with van der Waals surface area (Å²) in [5.41, 5.74) is 0.941. The largest absolute Gasteiger partial charge is 0.484 e. The van der Waals surface area contributed by atoms with E-state index in [0.717, 1.165) is 24.7 Å². The van der Waals surface area contributed by atoms with Crippen LogP contribution in [0.3, 0.4) is 0 Å². The molecule has 1 heterocycles. The zero-order chi connectivity index (χ0) is 15.5. The fraction of sp³-hybridized carbons (Fsp3) is 0.588. The third-order valence-electron chi connectivity index (χ3n) is 4.46. The van der Waals surface area contributed by atoms with Gasteiger partial charge in [0.25, 0.3) is 5.91 Å². The number of rotatable bonds is 6. The molecule has 1 unspecified atom stereocenters. The molecule has 22 heavy (non-hydrogen) atoms. The lowest BCUT2D eigenvalue weighted by Crippen LogP contribution is -2.34. The second kappa shape index (κ2) is 6.88. The van der Waals surface area contributed by atoms with Gasteiger partial charge in [-0.1, -0.05) is 11.6 Å². The van der Waals surface area contributed by atoms with Gasteiger partial charge in [-0.2, -0.15) is 0 Å². The van der Waals surface area contributed by atoms with Crippen LogP contribution in [-0.2, 0) is 4.79 Å². The predicted molar refractivity (Wildman–Crippen MR) is 87.4 cm³/mol. The number of ether oxygens (including phenoxy) is 1. The van der Waals surface area contributed by atoms with Gasteiger partial charge >= 0.3 is 0 Å². The number of nitrogens with zero attached hydrogens (tertiary/aromatic N) is 1. The topological polar surface area (TPSA) is 41.6 Å². The normalized spacial score (nSPS) is 21.8. The summed E-state index contributed by atoms with van der Waals surface area (Å²) in [4.78, 5) is 14.5. The van der Waals surface area contributed by atoms with Crippen molar-refractivity contribution >= 4 is 17.5 Å². The molecule has 5 heteroatoms. The van der Waals surface area contributed by atoms with Crippen molar-refractivity contribution in [3.05, 3.63) is 28.8 Å². The molecular formula is C17H23ClN2O2. The molecule has 0 bridgehead atoms. The van der Waals surface area contributed by atoms with E-state index in [0.29, 0.717) is 16.7 Å². The molecule has 1 amide bonds. The Bertz CT molecular complexity index is 545. The van der Waals surface area contributed by atoms with Gasteiger partial charge in [0.15, 0.2) is 6.61 Å². The Hall–Kier alpha value is -1.26. The number of hydrogen-bond donors (Lipinski definition) is 1. The SMILES string of the molecule is Cc1cc(Cl)ccc1OCC(=O)NCC1CCN(C2CC2)C1. The predicted octanol–water partition coefficient (Wildman–Crippen LogP) is 2.63. The van der Waals surface area contributed by atoms with Crippen molar-refractivity contribution < 1.29 is 9.53 Å². The minimum absolute atomic E-state index is 0.0563. The van der Waals surface area contributed by atoms with Gasteiger partial charge in [-0.05, 0) is 62.4 Å². The standard InChI is InChI=1S/C17H23ClN2O2/c1-12-8-14(18)2-5-16(12)22-11-17(21)19-9-13-6-7-20(10-13)15-3-4-15/h2,5,8,13,15H,3-4,6-7,9-11H2,1H3,(H,19,21). The highest BCUT2D eigenvalue weighted by Gasteiger charge is 2.34. The lowest BCUT2D eigenvalue weighted by atomic mass is 10.1. The van der Waals surface area contributed by atoms with Crippen molar-refractivity contribution in [1.82, 2.24) is 10.2 Å². The summed E-state index contributed by atoms with van der Waals surface area (Å²) in [6, 6.07) is 6.24. The fourth-order valence-electron chi connectivity index (χ4n) is 3.03. The summed E-state index contributed by atoms with van der Waals surface area (Å²) in [7, 11) is 0. The molecule has 2 fully saturated rings. The van der Waals surface area contributed by atoms with Crippen molar-refractivity contribution in [2.24, 2.45) is 5.92 Å². The molecule has 0 aromatic heterocycles. The Morgan fingerprint density at radius 2 is 2.23 bits per heavy atom. The molecule has 2 aliphatic rings. The lowest BCUT2D eigenvalue weighted by Gasteiger charge is -2.15. The average molecular weight is 323 g/mol. The van der Waals surface area contributed by atoms with E-state index >= 15 is 0 Å². The van der Waals surface area contributed by atoms with Crippen LogP contribution >= 0.6 is 11.6 Å². The molecule has 0 spiro atoms. The number of nitrogens with one attached hydrogen (secondary N) is 1. The maximum absolute atomic E-state index is 11.9. The van der Waals surface area contributed by atoms with E-state index in [2.05, 4.69) is 10.2 Å². The Morgan fingerprint density at radius 3 is 2.95 bits per heavy atom. The third-order valence-corrected chi connectivity index (χ3v) is 4.70. The summed E-state index contributed by atoms with van der Waals surface area (Å²) in [6.45, 7) is 5.05. The van der Waals surface area contributed by atoms with Crippen LogP contribution < -0.4 is 10.1 Å². The molecule has 1 aromatic rings. The van der Waals surface area contributed by atoms with Crippen molar-refractivity contribution in [3.63, 3.8) is 0 Å². The number of likely N-dealkylation sites (tertiary alicyclic amines) is 1. The molecule has 1 aliphatic heterocycles.